The maximum atomic E-state index is 12.9. The number of nitro benzene ring substituents is 1. The van der Waals surface area contributed by atoms with Crippen LogP contribution in [-0.2, 0) is 6.18 Å². The highest BCUT2D eigenvalue weighted by molar-refractivity contribution is 5.65. The maximum Gasteiger partial charge on any atom is 0.416 e. The molecule has 1 atom stereocenters. The number of halogens is 3. The van der Waals surface area contributed by atoms with Crippen LogP contribution in [0.5, 0.6) is 11.5 Å². The number of piperazine rings is 1. The molecule has 0 aromatic heterocycles. The van der Waals surface area contributed by atoms with E-state index in [9.17, 15) is 28.4 Å². The third-order valence-corrected chi connectivity index (χ3v) is 5.18. The van der Waals surface area contributed by atoms with E-state index in [0.29, 0.717) is 50.3 Å². The van der Waals surface area contributed by atoms with Crippen molar-refractivity contribution in [3.63, 3.8) is 0 Å². The first-order valence-electron chi connectivity index (χ1n) is 9.95. The summed E-state index contributed by atoms with van der Waals surface area (Å²) in [7, 11) is 1.56. The van der Waals surface area contributed by atoms with E-state index in [0.717, 1.165) is 12.1 Å². The van der Waals surface area contributed by atoms with E-state index in [2.05, 4.69) is 0 Å². The van der Waals surface area contributed by atoms with Crippen LogP contribution in [0.2, 0.25) is 0 Å². The summed E-state index contributed by atoms with van der Waals surface area (Å²) in [6.45, 7) is 2.21. The minimum Gasteiger partial charge on any atom is -0.497 e. The molecule has 0 bridgehead atoms. The second-order valence-corrected chi connectivity index (χ2v) is 7.39. The van der Waals surface area contributed by atoms with E-state index in [4.69, 9.17) is 9.47 Å². The standard InChI is InChI=1S/C21H24F3N3O5/c1-31-17-3-5-18(6-4-17)32-14-16(28)13-25-8-10-26(11-9-25)19-7-2-15(21(22,23)24)12-20(19)27(29)30/h2-7,12,16,28H,8-11,13-14H2,1H3. The van der Waals surface area contributed by atoms with Crippen molar-refractivity contribution in [1.29, 1.82) is 0 Å². The Balaban J connectivity index is 1.52. The van der Waals surface area contributed by atoms with Gasteiger partial charge in [-0.15, -0.1) is 0 Å². The second kappa shape index (κ2) is 10.0. The zero-order valence-electron chi connectivity index (χ0n) is 17.4. The van der Waals surface area contributed by atoms with E-state index in [1.165, 1.54) is 0 Å². The van der Waals surface area contributed by atoms with Gasteiger partial charge in [0.1, 0.15) is 29.9 Å². The smallest absolute Gasteiger partial charge is 0.416 e. The average molecular weight is 455 g/mol. The van der Waals surface area contributed by atoms with E-state index in [1.54, 1.807) is 36.3 Å². The molecular formula is C21H24F3N3O5. The van der Waals surface area contributed by atoms with Crippen LogP contribution >= 0.6 is 0 Å². The summed E-state index contributed by atoms with van der Waals surface area (Å²) < 4.78 is 49.3. The molecule has 32 heavy (non-hydrogen) atoms. The molecule has 1 N–H and O–H groups in total. The lowest BCUT2D eigenvalue weighted by Gasteiger charge is -2.36. The van der Waals surface area contributed by atoms with Gasteiger partial charge in [0.15, 0.2) is 0 Å². The zero-order chi connectivity index (χ0) is 23.3. The molecule has 0 spiro atoms. The van der Waals surface area contributed by atoms with Crippen molar-refractivity contribution in [3.8, 4) is 11.5 Å². The number of β-amino-alcohol motifs (C(OH)–C–C–N with tert-alkyl or cyclic N) is 1. The summed E-state index contributed by atoms with van der Waals surface area (Å²) in [6.07, 6.45) is -5.39. The molecule has 1 unspecified atom stereocenters. The fourth-order valence-electron chi connectivity index (χ4n) is 3.50. The third-order valence-electron chi connectivity index (χ3n) is 5.18. The van der Waals surface area contributed by atoms with Crippen LogP contribution in [0.4, 0.5) is 24.5 Å². The van der Waals surface area contributed by atoms with Gasteiger partial charge in [0, 0.05) is 38.8 Å². The molecule has 0 saturated carbocycles. The predicted molar refractivity (Wildman–Crippen MR) is 111 cm³/mol. The molecule has 1 aliphatic rings. The summed E-state index contributed by atoms with van der Waals surface area (Å²) >= 11 is 0. The Hall–Kier alpha value is -3.05. The minimum absolute atomic E-state index is 0.0942. The van der Waals surface area contributed by atoms with E-state index >= 15 is 0 Å². The molecular weight excluding hydrogens is 431 g/mol. The molecule has 8 nitrogen and oxygen atoms in total. The summed E-state index contributed by atoms with van der Waals surface area (Å²) in [5.41, 5.74) is -1.46. The zero-order valence-corrected chi connectivity index (χ0v) is 17.4. The number of ether oxygens (including phenoxy) is 2. The number of rotatable bonds is 8. The fourth-order valence-corrected chi connectivity index (χ4v) is 3.50. The van der Waals surface area contributed by atoms with Gasteiger partial charge in [-0.05, 0) is 36.4 Å². The third kappa shape index (κ3) is 6.01. The molecule has 0 amide bonds. The molecule has 0 radical (unpaired) electrons. The highest BCUT2D eigenvalue weighted by atomic mass is 19.4. The first kappa shape index (κ1) is 23.6. The van der Waals surface area contributed by atoms with Crippen LogP contribution in [0, 0.1) is 10.1 Å². The molecule has 1 heterocycles. The van der Waals surface area contributed by atoms with Crippen LogP contribution < -0.4 is 14.4 Å². The summed E-state index contributed by atoms with van der Waals surface area (Å²) in [4.78, 5) is 14.2. The lowest BCUT2D eigenvalue weighted by Crippen LogP contribution is -2.49. The first-order valence-corrected chi connectivity index (χ1v) is 9.95. The number of hydrogen-bond acceptors (Lipinski definition) is 7. The predicted octanol–water partition coefficient (Wildman–Crippen LogP) is 3.18. The minimum atomic E-state index is -4.65. The van der Waals surface area contributed by atoms with Gasteiger partial charge in [-0.25, -0.2) is 0 Å². The van der Waals surface area contributed by atoms with E-state index in [1.807, 2.05) is 4.90 Å². The van der Waals surface area contributed by atoms with Crippen molar-refractivity contribution >= 4 is 11.4 Å². The number of benzene rings is 2. The number of nitro groups is 1. The summed E-state index contributed by atoms with van der Waals surface area (Å²) in [5, 5.41) is 21.6. The van der Waals surface area contributed by atoms with Crippen molar-refractivity contribution in [2.75, 3.05) is 51.3 Å². The summed E-state index contributed by atoms with van der Waals surface area (Å²) in [5.74, 6) is 1.30. The van der Waals surface area contributed by atoms with Gasteiger partial charge in [0.25, 0.3) is 5.69 Å². The first-order chi connectivity index (χ1) is 15.2. The molecule has 1 saturated heterocycles. The number of aliphatic hydroxyl groups excluding tert-OH is 1. The quantitative estimate of drug-likeness (QED) is 0.483. The molecule has 2 aromatic carbocycles. The van der Waals surface area contributed by atoms with E-state index in [-0.39, 0.29) is 12.3 Å². The second-order valence-electron chi connectivity index (χ2n) is 7.39. The molecule has 2 aromatic rings. The van der Waals surface area contributed by atoms with Crippen LogP contribution in [0.3, 0.4) is 0 Å². The summed E-state index contributed by atoms with van der Waals surface area (Å²) in [6, 6.07) is 9.55. The molecule has 3 rings (SSSR count). The average Bonchev–Trinajstić information content (AvgIpc) is 2.77. The topological polar surface area (TPSA) is 88.3 Å². The van der Waals surface area contributed by atoms with Crippen LogP contribution in [-0.4, -0.2) is 67.5 Å². The van der Waals surface area contributed by atoms with Crippen LogP contribution in [0.15, 0.2) is 42.5 Å². The number of anilines is 1. The number of nitrogens with zero attached hydrogens (tertiary/aromatic N) is 3. The van der Waals surface area contributed by atoms with Gasteiger partial charge >= 0.3 is 6.18 Å². The van der Waals surface area contributed by atoms with Gasteiger partial charge in [-0.3, -0.25) is 15.0 Å². The van der Waals surface area contributed by atoms with Gasteiger partial charge in [-0.2, -0.15) is 13.2 Å². The molecule has 1 aliphatic heterocycles. The largest absolute Gasteiger partial charge is 0.497 e. The lowest BCUT2D eigenvalue weighted by atomic mass is 10.1. The number of aliphatic hydroxyl groups is 1. The highest BCUT2D eigenvalue weighted by Gasteiger charge is 2.34. The monoisotopic (exact) mass is 455 g/mol. The van der Waals surface area contributed by atoms with Crippen LogP contribution in [0.25, 0.3) is 0 Å². The van der Waals surface area contributed by atoms with E-state index < -0.39 is 28.5 Å². The van der Waals surface area contributed by atoms with Crippen molar-refractivity contribution in [3.05, 3.63) is 58.1 Å². The molecule has 1 fully saturated rings. The Morgan fingerprint density at radius 3 is 2.28 bits per heavy atom. The Bertz CT molecular complexity index is 916. The molecule has 0 aliphatic carbocycles. The fraction of sp³-hybridized carbons (Fsp3) is 0.429. The maximum absolute atomic E-state index is 12.9. The molecule has 174 valence electrons. The Morgan fingerprint density at radius 1 is 1.09 bits per heavy atom. The Morgan fingerprint density at radius 2 is 1.72 bits per heavy atom. The SMILES string of the molecule is COc1ccc(OCC(O)CN2CCN(c3ccc(C(F)(F)F)cc3[N+](=O)[O-])CC2)cc1. The number of hydrogen-bond donors (Lipinski definition) is 1. The van der Waals surface area contributed by atoms with Gasteiger partial charge < -0.3 is 19.5 Å². The Kier molecular flexibility index (Phi) is 7.41. The van der Waals surface area contributed by atoms with Gasteiger partial charge in [0.05, 0.1) is 17.6 Å². The van der Waals surface area contributed by atoms with Crippen molar-refractivity contribution < 1.29 is 32.7 Å². The lowest BCUT2D eigenvalue weighted by molar-refractivity contribution is -0.384. The normalized spacial score (nSPS) is 16.0. The van der Waals surface area contributed by atoms with Crippen molar-refractivity contribution in [2.24, 2.45) is 0 Å². The number of methoxy groups -OCH3 is 1. The van der Waals surface area contributed by atoms with Gasteiger partial charge in [0.2, 0.25) is 0 Å². The van der Waals surface area contributed by atoms with Crippen molar-refractivity contribution in [2.45, 2.75) is 12.3 Å². The molecule has 11 heteroatoms. The Labute approximate surface area is 182 Å². The van der Waals surface area contributed by atoms with Crippen molar-refractivity contribution in [1.82, 2.24) is 4.90 Å². The van der Waals surface area contributed by atoms with Gasteiger partial charge in [-0.1, -0.05) is 0 Å². The number of alkyl halides is 3. The van der Waals surface area contributed by atoms with Crippen LogP contribution in [0.1, 0.15) is 5.56 Å². The highest BCUT2D eigenvalue weighted by Crippen LogP contribution is 2.36.